The van der Waals surface area contributed by atoms with Crippen molar-refractivity contribution in [1.82, 2.24) is 5.32 Å². The van der Waals surface area contributed by atoms with Crippen LogP contribution in [-0.4, -0.2) is 49.8 Å². The molecule has 0 aromatic rings. The van der Waals surface area contributed by atoms with E-state index >= 15 is 0 Å². The molecule has 1 N–H and O–H groups in total. The summed E-state index contributed by atoms with van der Waals surface area (Å²) in [4.78, 5) is 27.0. The fourth-order valence-corrected chi connectivity index (χ4v) is 2.42. The summed E-state index contributed by atoms with van der Waals surface area (Å²) in [5.74, 6) is -0.135. The number of amides is 1. The number of aliphatic imine (C=N–C) groups is 1. The van der Waals surface area contributed by atoms with Crippen molar-refractivity contribution in [2.45, 2.75) is 18.9 Å². The molecule has 19 heavy (non-hydrogen) atoms. The summed E-state index contributed by atoms with van der Waals surface area (Å²) in [7, 11) is 3.03. The largest absolute Gasteiger partial charge is 0.462 e. The first kappa shape index (κ1) is 18.0. The van der Waals surface area contributed by atoms with Gasteiger partial charge in [-0.3, -0.25) is 9.79 Å². The SMILES string of the molecule is C=CCCC(=O)N[C@@H](CSSC)C(=O)OCCN=C. The van der Waals surface area contributed by atoms with Gasteiger partial charge >= 0.3 is 5.97 Å². The maximum absolute atomic E-state index is 11.8. The molecule has 0 unspecified atom stereocenters. The van der Waals surface area contributed by atoms with E-state index in [0.717, 1.165) is 0 Å². The predicted octanol–water partition coefficient (Wildman–Crippen LogP) is 1.69. The number of carbonyl (C=O) groups excluding carboxylic acids is 2. The number of rotatable bonds is 11. The van der Waals surface area contributed by atoms with E-state index in [0.29, 0.717) is 25.1 Å². The molecule has 1 amide bonds. The predicted molar refractivity (Wildman–Crippen MR) is 82.7 cm³/mol. The van der Waals surface area contributed by atoms with Crippen LogP contribution in [0.25, 0.3) is 0 Å². The van der Waals surface area contributed by atoms with E-state index in [2.05, 4.69) is 23.6 Å². The molecule has 0 aromatic carbocycles. The van der Waals surface area contributed by atoms with E-state index in [1.54, 1.807) is 6.08 Å². The Morgan fingerprint density at radius 3 is 2.84 bits per heavy atom. The average molecular weight is 304 g/mol. The topological polar surface area (TPSA) is 67.8 Å². The van der Waals surface area contributed by atoms with Crippen molar-refractivity contribution in [2.75, 3.05) is 25.2 Å². The summed E-state index contributed by atoms with van der Waals surface area (Å²) < 4.78 is 5.02. The zero-order chi connectivity index (χ0) is 14.5. The second-order valence-electron chi connectivity index (χ2n) is 3.51. The van der Waals surface area contributed by atoms with Crippen molar-refractivity contribution in [3.8, 4) is 0 Å². The smallest absolute Gasteiger partial charge is 0.329 e. The molecule has 0 aliphatic carbocycles. The fraction of sp³-hybridized carbons (Fsp3) is 0.583. The molecule has 7 heteroatoms. The van der Waals surface area contributed by atoms with Crippen molar-refractivity contribution in [3.63, 3.8) is 0 Å². The summed E-state index contributed by atoms with van der Waals surface area (Å²) in [6, 6.07) is -0.625. The normalized spacial score (nSPS) is 11.4. The van der Waals surface area contributed by atoms with E-state index < -0.39 is 12.0 Å². The zero-order valence-electron chi connectivity index (χ0n) is 11.1. The van der Waals surface area contributed by atoms with E-state index in [4.69, 9.17) is 4.74 Å². The van der Waals surface area contributed by atoms with Crippen LogP contribution in [0.15, 0.2) is 17.6 Å². The zero-order valence-corrected chi connectivity index (χ0v) is 12.7. The van der Waals surface area contributed by atoms with Crippen molar-refractivity contribution < 1.29 is 14.3 Å². The molecule has 0 bridgehead atoms. The van der Waals surface area contributed by atoms with Crippen LogP contribution in [-0.2, 0) is 14.3 Å². The molecule has 0 radical (unpaired) electrons. The minimum Gasteiger partial charge on any atom is -0.462 e. The highest BCUT2D eigenvalue weighted by atomic mass is 33.1. The van der Waals surface area contributed by atoms with Crippen molar-refractivity contribution in [3.05, 3.63) is 12.7 Å². The second-order valence-corrected chi connectivity index (χ2v) is 6.12. The Morgan fingerprint density at radius 2 is 2.26 bits per heavy atom. The molecule has 108 valence electrons. The highest BCUT2D eigenvalue weighted by Crippen LogP contribution is 2.18. The van der Waals surface area contributed by atoms with Gasteiger partial charge in [0.2, 0.25) is 5.91 Å². The van der Waals surface area contributed by atoms with Crippen molar-refractivity contribution >= 4 is 40.2 Å². The highest BCUT2D eigenvalue weighted by molar-refractivity contribution is 8.76. The van der Waals surface area contributed by atoms with Crippen LogP contribution in [0, 0.1) is 0 Å². The Kier molecular flexibility index (Phi) is 11.5. The van der Waals surface area contributed by atoms with Crippen LogP contribution in [0.4, 0.5) is 0 Å². The first-order valence-electron chi connectivity index (χ1n) is 5.80. The lowest BCUT2D eigenvalue weighted by Crippen LogP contribution is -2.43. The third kappa shape index (κ3) is 9.61. The Morgan fingerprint density at radius 1 is 1.53 bits per heavy atom. The van der Waals surface area contributed by atoms with Gasteiger partial charge in [-0.15, -0.1) is 6.58 Å². The summed E-state index contributed by atoms with van der Waals surface area (Å²) in [6.07, 6.45) is 4.49. The van der Waals surface area contributed by atoms with Gasteiger partial charge in [0.25, 0.3) is 0 Å². The lowest BCUT2D eigenvalue weighted by atomic mass is 10.2. The monoisotopic (exact) mass is 304 g/mol. The molecule has 0 saturated carbocycles. The molecule has 1 atom stereocenters. The van der Waals surface area contributed by atoms with Crippen LogP contribution in [0.2, 0.25) is 0 Å². The van der Waals surface area contributed by atoms with Gasteiger partial charge in [-0.25, -0.2) is 4.79 Å². The molecule has 0 aliphatic rings. The third-order valence-electron chi connectivity index (χ3n) is 2.04. The van der Waals surface area contributed by atoms with E-state index in [1.165, 1.54) is 21.6 Å². The van der Waals surface area contributed by atoms with Crippen LogP contribution in [0.3, 0.4) is 0 Å². The lowest BCUT2D eigenvalue weighted by Gasteiger charge is -2.16. The van der Waals surface area contributed by atoms with Gasteiger partial charge < -0.3 is 10.1 Å². The third-order valence-corrected chi connectivity index (χ3v) is 3.86. The molecule has 5 nitrogen and oxygen atoms in total. The van der Waals surface area contributed by atoms with Crippen LogP contribution >= 0.6 is 21.6 Å². The number of ether oxygens (including phenoxy) is 1. The number of hydrogen-bond donors (Lipinski definition) is 1. The van der Waals surface area contributed by atoms with Crippen molar-refractivity contribution in [2.24, 2.45) is 4.99 Å². The summed E-state index contributed by atoms with van der Waals surface area (Å²) in [6.45, 7) is 7.40. The van der Waals surface area contributed by atoms with Gasteiger partial charge in [-0.05, 0) is 19.4 Å². The molecular weight excluding hydrogens is 284 g/mol. The number of esters is 1. The number of hydrogen-bond acceptors (Lipinski definition) is 6. The van der Waals surface area contributed by atoms with Crippen molar-refractivity contribution in [1.29, 1.82) is 0 Å². The first-order chi connectivity index (χ1) is 9.15. The van der Waals surface area contributed by atoms with Gasteiger partial charge in [0, 0.05) is 12.2 Å². The highest BCUT2D eigenvalue weighted by Gasteiger charge is 2.21. The standard InChI is InChI=1S/C12H20N2O3S2/c1-4-5-6-11(15)14-10(9-19-18-3)12(16)17-8-7-13-2/h4,10H,1-2,5-9H2,3H3,(H,14,15)/t10-/m0/s1. The second kappa shape index (κ2) is 12.1. The number of allylic oxidation sites excluding steroid dienone is 1. The fourth-order valence-electron chi connectivity index (χ4n) is 1.12. The molecule has 0 fully saturated rings. The molecule has 0 aliphatic heterocycles. The van der Waals surface area contributed by atoms with E-state index in [-0.39, 0.29) is 12.5 Å². The van der Waals surface area contributed by atoms with Gasteiger partial charge in [0.05, 0.1) is 6.54 Å². The number of nitrogens with zero attached hydrogens (tertiary/aromatic N) is 1. The minimum atomic E-state index is -0.625. The Balaban J connectivity index is 4.26. The molecule has 0 heterocycles. The quantitative estimate of drug-likeness (QED) is 0.207. The lowest BCUT2D eigenvalue weighted by molar-refractivity contribution is -0.146. The van der Waals surface area contributed by atoms with Gasteiger partial charge in [0.15, 0.2) is 0 Å². The van der Waals surface area contributed by atoms with Gasteiger partial charge in [0.1, 0.15) is 12.6 Å². The number of carbonyl (C=O) groups is 2. The Labute approximate surface area is 122 Å². The molecule has 0 rings (SSSR count). The first-order valence-corrected chi connectivity index (χ1v) is 8.53. The number of nitrogens with one attached hydrogen (secondary N) is 1. The maximum Gasteiger partial charge on any atom is 0.329 e. The maximum atomic E-state index is 11.8. The minimum absolute atomic E-state index is 0.176. The molecule has 0 saturated heterocycles. The molecule has 0 aromatic heterocycles. The van der Waals surface area contributed by atoms with Crippen LogP contribution in [0.5, 0.6) is 0 Å². The summed E-state index contributed by atoms with van der Waals surface area (Å²) in [5.41, 5.74) is 0. The summed E-state index contributed by atoms with van der Waals surface area (Å²) >= 11 is 0. The summed E-state index contributed by atoms with van der Waals surface area (Å²) in [5, 5.41) is 2.67. The van der Waals surface area contributed by atoms with E-state index in [1.807, 2.05) is 6.26 Å². The van der Waals surface area contributed by atoms with Gasteiger partial charge in [-0.2, -0.15) is 0 Å². The Bertz CT molecular complexity index is 311. The van der Waals surface area contributed by atoms with E-state index in [9.17, 15) is 9.59 Å². The average Bonchev–Trinajstić information content (AvgIpc) is 2.41. The van der Waals surface area contributed by atoms with Crippen LogP contribution in [0.1, 0.15) is 12.8 Å². The molecule has 0 spiro atoms. The van der Waals surface area contributed by atoms with Crippen LogP contribution < -0.4 is 5.32 Å². The molecular formula is C12H20N2O3S2. The Hall–Kier alpha value is -0.950. The van der Waals surface area contributed by atoms with Gasteiger partial charge in [-0.1, -0.05) is 27.7 Å².